The van der Waals surface area contributed by atoms with Gasteiger partial charge >= 0.3 is 0 Å². The zero-order valence-corrected chi connectivity index (χ0v) is 16.0. The molecule has 4 nitrogen and oxygen atoms in total. The lowest BCUT2D eigenvalue weighted by atomic mass is 10.1. The van der Waals surface area contributed by atoms with Crippen molar-refractivity contribution in [2.24, 2.45) is 0 Å². The molecule has 0 radical (unpaired) electrons. The highest BCUT2D eigenvalue weighted by Gasteiger charge is 2.15. The van der Waals surface area contributed by atoms with Crippen molar-refractivity contribution in [3.8, 4) is 22.6 Å². The van der Waals surface area contributed by atoms with Gasteiger partial charge in [-0.1, -0.05) is 12.1 Å². The Balaban J connectivity index is 1.51. The fourth-order valence-electron chi connectivity index (χ4n) is 3.82. The second kappa shape index (κ2) is 6.26. The standard InChI is InChI=1S/C25H15FN2O2/c1-14-5-10-19-18-3-2-4-20(24(18)30-25(19)28-14)21-11-16-12-22(29-23(16)13-27-21)15-6-8-17(26)9-7-15/h2-13H,1H3. The molecule has 0 amide bonds. The molecule has 0 N–H and O–H groups in total. The summed E-state index contributed by atoms with van der Waals surface area (Å²) in [6.07, 6.45) is 1.71. The third-order valence-corrected chi connectivity index (χ3v) is 5.31. The van der Waals surface area contributed by atoms with Gasteiger partial charge in [0.2, 0.25) is 5.71 Å². The summed E-state index contributed by atoms with van der Waals surface area (Å²) in [5.41, 5.74) is 5.47. The predicted octanol–water partition coefficient (Wildman–Crippen LogP) is 6.90. The molecule has 0 spiro atoms. The molecule has 6 aromatic rings. The monoisotopic (exact) mass is 394 g/mol. The van der Waals surface area contributed by atoms with Gasteiger partial charge in [0.15, 0.2) is 5.58 Å². The van der Waals surface area contributed by atoms with E-state index in [-0.39, 0.29) is 5.82 Å². The van der Waals surface area contributed by atoms with Crippen LogP contribution < -0.4 is 0 Å². The molecular weight excluding hydrogens is 379 g/mol. The van der Waals surface area contributed by atoms with E-state index in [2.05, 4.69) is 9.97 Å². The van der Waals surface area contributed by atoms with E-state index in [1.165, 1.54) is 12.1 Å². The number of aryl methyl sites for hydroxylation is 1. The fourth-order valence-corrected chi connectivity index (χ4v) is 3.82. The van der Waals surface area contributed by atoms with Crippen molar-refractivity contribution in [1.82, 2.24) is 9.97 Å². The van der Waals surface area contributed by atoms with E-state index in [4.69, 9.17) is 8.83 Å². The Kier molecular flexibility index (Phi) is 3.53. The van der Waals surface area contributed by atoms with Gasteiger partial charge in [-0.15, -0.1) is 0 Å². The molecule has 5 heteroatoms. The lowest BCUT2D eigenvalue weighted by Crippen LogP contribution is -1.83. The summed E-state index contributed by atoms with van der Waals surface area (Å²) in [6.45, 7) is 1.95. The van der Waals surface area contributed by atoms with Gasteiger partial charge in [0.25, 0.3) is 0 Å². The first kappa shape index (κ1) is 16.9. The van der Waals surface area contributed by atoms with E-state index in [0.717, 1.165) is 44.3 Å². The number of furan rings is 2. The van der Waals surface area contributed by atoms with Crippen molar-refractivity contribution >= 4 is 33.0 Å². The maximum Gasteiger partial charge on any atom is 0.227 e. The lowest BCUT2D eigenvalue weighted by molar-refractivity contribution is 0.622. The van der Waals surface area contributed by atoms with Crippen molar-refractivity contribution in [3.63, 3.8) is 0 Å². The average Bonchev–Trinajstić information content (AvgIpc) is 3.34. The largest absolute Gasteiger partial charge is 0.454 e. The first-order valence-electron chi connectivity index (χ1n) is 9.60. The minimum atomic E-state index is -0.276. The number of pyridine rings is 2. The van der Waals surface area contributed by atoms with Crippen LogP contribution in [0.25, 0.3) is 55.6 Å². The van der Waals surface area contributed by atoms with Crippen molar-refractivity contribution in [3.05, 3.63) is 84.4 Å². The zero-order chi connectivity index (χ0) is 20.2. The van der Waals surface area contributed by atoms with E-state index in [9.17, 15) is 4.39 Å². The van der Waals surface area contributed by atoms with Gasteiger partial charge in [-0.2, -0.15) is 0 Å². The van der Waals surface area contributed by atoms with Crippen LogP contribution in [-0.2, 0) is 0 Å². The zero-order valence-electron chi connectivity index (χ0n) is 16.0. The maximum absolute atomic E-state index is 13.2. The Bertz CT molecular complexity index is 1560. The van der Waals surface area contributed by atoms with Gasteiger partial charge < -0.3 is 8.83 Å². The second-order valence-electron chi connectivity index (χ2n) is 7.31. The summed E-state index contributed by atoms with van der Waals surface area (Å²) in [7, 11) is 0. The summed E-state index contributed by atoms with van der Waals surface area (Å²) in [6, 6.07) is 20.2. The highest BCUT2D eigenvalue weighted by Crippen LogP contribution is 2.36. The highest BCUT2D eigenvalue weighted by molar-refractivity contribution is 6.08. The van der Waals surface area contributed by atoms with Crippen molar-refractivity contribution < 1.29 is 13.2 Å². The van der Waals surface area contributed by atoms with Crippen LogP contribution >= 0.6 is 0 Å². The summed E-state index contributed by atoms with van der Waals surface area (Å²) in [5.74, 6) is 0.396. The predicted molar refractivity (Wildman–Crippen MR) is 115 cm³/mol. The molecule has 2 aromatic carbocycles. The number of rotatable bonds is 2. The first-order chi connectivity index (χ1) is 14.7. The highest BCUT2D eigenvalue weighted by atomic mass is 19.1. The molecule has 0 fully saturated rings. The van der Waals surface area contributed by atoms with Crippen molar-refractivity contribution in [1.29, 1.82) is 0 Å². The third-order valence-electron chi connectivity index (χ3n) is 5.31. The van der Waals surface area contributed by atoms with Crippen LogP contribution in [-0.4, -0.2) is 9.97 Å². The van der Waals surface area contributed by atoms with Crippen LogP contribution in [0.1, 0.15) is 5.69 Å². The van der Waals surface area contributed by atoms with Crippen LogP contribution in [0.3, 0.4) is 0 Å². The molecule has 30 heavy (non-hydrogen) atoms. The van der Waals surface area contributed by atoms with Crippen molar-refractivity contribution in [2.45, 2.75) is 6.92 Å². The van der Waals surface area contributed by atoms with E-state index < -0.39 is 0 Å². The van der Waals surface area contributed by atoms with E-state index in [1.54, 1.807) is 18.3 Å². The number of halogens is 1. The Morgan fingerprint density at radius 2 is 1.73 bits per heavy atom. The quantitative estimate of drug-likeness (QED) is 0.320. The Hall–Kier alpha value is -3.99. The van der Waals surface area contributed by atoms with Gasteiger partial charge in [-0.05, 0) is 61.5 Å². The molecule has 0 unspecified atom stereocenters. The number of hydrogen-bond acceptors (Lipinski definition) is 4. The van der Waals surface area contributed by atoms with Crippen LogP contribution in [0.15, 0.2) is 81.8 Å². The van der Waals surface area contributed by atoms with Gasteiger partial charge in [0.05, 0.1) is 11.9 Å². The average molecular weight is 394 g/mol. The van der Waals surface area contributed by atoms with E-state index in [0.29, 0.717) is 17.1 Å². The number of para-hydroxylation sites is 1. The van der Waals surface area contributed by atoms with Gasteiger partial charge in [0, 0.05) is 33.0 Å². The summed E-state index contributed by atoms with van der Waals surface area (Å²) < 4.78 is 25.2. The molecule has 4 aromatic heterocycles. The molecule has 0 bridgehead atoms. The summed E-state index contributed by atoms with van der Waals surface area (Å²) in [4.78, 5) is 9.11. The fraction of sp³-hybridized carbons (Fsp3) is 0.0400. The molecule has 0 atom stereocenters. The Morgan fingerprint density at radius 1 is 0.867 bits per heavy atom. The molecule has 144 valence electrons. The molecule has 4 heterocycles. The number of nitrogens with zero attached hydrogens (tertiary/aromatic N) is 2. The SMILES string of the molecule is Cc1ccc2c(n1)oc1c(-c3cc4cc(-c5ccc(F)cc5)oc4cn3)cccc12. The second-order valence-corrected chi connectivity index (χ2v) is 7.31. The molecule has 0 saturated heterocycles. The summed E-state index contributed by atoms with van der Waals surface area (Å²) >= 11 is 0. The molecule has 0 aliphatic rings. The van der Waals surface area contributed by atoms with Gasteiger partial charge in [-0.3, -0.25) is 4.98 Å². The van der Waals surface area contributed by atoms with Crippen LogP contribution in [0.2, 0.25) is 0 Å². The molecular formula is C25H15FN2O2. The number of hydrogen-bond donors (Lipinski definition) is 0. The van der Waals surface area contributed by atoms with Gasteiger partial charge in [0.1, 0.15) is 17.2 Å². The molecule has 6 rings (SSSR count). The topological polar surface area (TPSA) is 52.1 Å². The Morgan fingerprint density at radius 3 is 2.60 bits per heavy atom. The van der Waals surface area contributed by atoms with Gasteiger partial charge in [-0.25, -0.2) is 9.37 Å². The van der Waals surface area contributed by atoms with Crippen LogP contribution in [0, 0.1) is 12.7 Å². The molecule has 0 saturated carbocycles. The summed E-state index contributed by atoms with van der Waals surface area (Å²) in [5, 5.41) is 2.91. The van der Waals surface area contributed by atoms with Crippen molar-refractivity contribution in [2.75, 3.05) is 0 Å². The van der Waals surface area contributed by atoms with Crippen LogP contribution in [0.5, 0.6) is 0 Å². The smallest absolute Gasteiger partial charge is 0.227 e. The Labute approximate surface area is 170 Å². The molecule has 0 aliphatic carbocycles. The number of benzene rings is 2. The maximum atomic E-state index is 13.2. The first-order valence-corrected chi connectivity index (χ1v) is 9.60. The van der Waals surface area contributed by atoms with E-state index >= 15 is 0 Å². The van der Waals surface area contributed by atoms with E-state index in [1.807, 2.05) is 49.4 Å². The minimum absolute atomic E-state index is 0.276. The lowest BCUT2D eigenvalue weighted by Gasteiger charge is -2.01. The normalized spacial score (nSPS) is 11.7. The number of aromatic nitrogens is 2. The van der Waals surface area contributed by atoms with Crippen LogP contribution in [0.4, 0.5) is 4.39 Å². The number of fused-ring (bicyclic) bond motifs is 4. The minimum Gasteiger partial charge on any atom is -0.454 e. The molecule has 0 aliphatic heterocycles. The third kappa shape index (κ3) is 2.59.